The van der Waals surface area contributed by atoms with E-state index in [9.17, 15) is 4.79 Å². The van der Waals surface area contributed by atoms with Crippen LogP contribution in [0.2, 0.25) is 0 Å². The first-order valence-electron chi connectivity index (χ1n) is 8.89. The Morgan fingerprint density at radius 1 is 1.13 bits per heavy atom. The number of hydrogen-bond donors (Lipinski definition) is 2. The Morgan fingerprint density at radius 2 is 1.78 bits per heavy atom. The van der Waals surface area contributed by atoms with Crippen molar-refractivity contribution in [3.05, 3.63) is 35.5 Å². The van der Waals surface area contributed by atoms with Crippen LogP contribution in [-0.2, 0) is 10.2 Å². The molecule has 3 heteroatoms. The molecule has 0 unspecified atom stereocenters. The lowest BCUT2D eigenvalue weighted by Crippen LogP contribution is -2.45. The molecule has 1 aliphatic carbocycles. The Labute approximate surface area is 138 Å². The number of carbonyl (C=O) groups excluding carboxylic acids is 1. The molecule has 3 nitrogen and oxygen atoms in total. The number of aryl methyl sites for hydroxylation is 1. The fourth-order valence-corrected chi connectivity index (χ4v) is 3.99. The van der Waals surface area contributed by atoms with E-state index >= 15 is 0 Å². The molecule has 1 aliphatic rings. The molecule has 2 N–H and O–H groups in total. The van der Waals surface area contributed by atoms with Crippen molar-refractivity contribution in [1.29, 1.82) is 0 Å². The van der Waals surface area contributed by atoms with Gasteiger partial charge in [-0.3, -0.25) is 4.79 Å². The second-order valence-electron chi connectivity index (χ2n) is 7.46. The Hall–Kier alpha value is -1.77. The summed E-state index contributed by atoms with van der Waals surface area (Å²) in [6, 6.07) is 8.59. The Balaban J connectivity index is 1.87. The van der Waals surface area contributed by atoms with Crippen molar-refractivity contribution in [2.75, 3.05) is 0 Å². The molecular weight excluding hydrogens is 284 g/mol. The van der Waals surface area contributed by atoms with Crippen molar-refractivity contribution >= 4 is 16.8 Å². The smallest absolute Gasteiger partial charge is 0.230 e. The van der Waals surface area contributed by atoms with E-state index in [1.54, 1.807) is 0 Å². The highest BCUT2D eigenvalue weighted by molar-refractivity contribution is 5.95. The van der Waals surface area contributed by atoms with E-state index in [-0.39, 0.29) is 5.91 Å². The minimum absolute atomic E-state index is 0.150. The molecule has 2 aromatic rings. The molecule has 0 bridgehead atoms. The quantitative estimate of drug-likeness (QED) is 0.800. The second-order valence-corrected chi connectivity index (χ2v) is 7.46. The second kappa shape index (κ2) is 6.38. The minimum atomic E-state index is -0.532. The average molecular weight is 312 g/mol. The van der Waals surface area contributed by atoms with Crippen LogP contribution in [0.3, 0.4) is 0 Å². The van der Waals surface area contributed by atoms with Crippen LogP contribution >= 0.6 is 0 Å². The van der Waals surface area contributed by atoms with Gasteiger partial charge in [-0.1, -0.05) is 43.9 Å². The third-order valence-electron chi connectivity index (χ3n) is 5.28. The van der Waals surface area contributed by atoms with E-state index in [2.05, 4.69) is 29.4 Å². The van der Waals surface area contributed by atoms with Crippen molar-refractivity contribution in [1.82, 2.24) is 10.3 Å². The highest BCUT2D eigenvalue weighted by atomic mass is 16.2. The maximum absolute atomic E-state index is 13.0. The monoisotopic (exact) mass is 312 g/mol. The van der Waals surface area contributed by atoms with E-state index in [0.29, 0.717) is 6.04 Å². The number of aromatic amines is 1. The summed E-state index contributed by atoms with van der Waals surface area (Å²) in [6.45, 7) is 6.15. The summed E-state index contributed by atoms with van der Waals surface area (Å²) in [7, 11) is 0. The summed E-state index contributed by atoms with van der Waals surface area (Å²) in [5, 5.41) is 4.48. The van der Waals surface area contributed by atoms with Crippen molar-refractivity contribution in [3.63, 3.8) is 0 Å². The van der Waals surface area contributed by atoms with Gasteiger partial charge in [0.1, 0.15) is 0 Å². The van der Waals surface area contributed by atoms with Crippen LogP contribution < -0.4 is 5.32 Å². The van der Waals surface area contributed by atoms with Gasteiger partial charge in [0, 0.05) is 22.6 Å². The summed E-state index contributed by atoms with van der Waals surface area (Å²) in [5.41, 5.74) is 2.79. The first kappa shape index (κ1) is 16.1. The average Bonchev–Trinajstić information content (AvgIpc) is 2.68. The molecular formula is C20H28N2O. The summed E-state index contributed by atoms with van der Waals surface area (Å²) >= 11 is 0. The molecule has 0 radical (unpaired) electrons. The summed E-state index contributed by atoms with van der Waals surface area (Å²) in [4.78, 5) is 16.4. The van der Waals surface area contributed by atoms with Gasteiger partial charge in [0.25, 0.3) is 0 Å². The van der Waals surface area contributed by atoms with Gasteiger partial charge in [-0.15, -0.1) is 0 Å². The molecule has 0 atom stereocenters. The van der Waals surface area contributed by atoms with E-state index in [0.717, 1.165) is 35.0 Å². The maximum Gasteiger partial charge on any atom is 0.230 e. The van der Waals surface area contributed by atoms with E-state index < -0.39 is 5.41 Å². The van der Waals surface area contributed by atoms with Gasteiger partial charge < -0.3 is 10.3 Å². The van der Waals surface area contributed by atoms with Crippen molar-refractivity contribution < 1.29 is 4.79 Å². The number of aromatic nitrogens is 1. The number of hydrogen-bond acceptors (Lipinski definition) is 1. The molecule has 3 rings (SSSR count). The molecule has 1 heterocycles. The highest BCUT2D eigenvalue weighted by Crippen LogP contribution is 2.34. The Bertz CT molecular complexity index is 691. The SMILES string of the molecule is Cc1[nH]c2ccccc2c1C(C)(C)C(=O)NC1CCCCCC1. The summed E-state index contributed by atoms with van der Waals surface area (Å²) in [5.74, 6) is 0.150. The number of benzene rings is 1. The number of para-hydroxylation sites is 1. The highest BCUT2D eigenvalue weighted by Gasteiger charge is 2.35. The number of nitrogens with one attached hydrogen (secondary N) is 2. The number of fused-ring (bicyclic) bond motifs is 1. The number of rotatable bonds is 3. The molecule has 1 fully saturated rings. The van der Waals surface area contributed by atoms with Crippen LogP contribution in [-0.4, -0.2) is 16.9 Å². The lowest BCUT2D eigenvalue weighted by atomic mass is 9.81. The number of H-pyrrole nitrogens is 1. The first-order valence-corrected chi connectivity index (χ1v) is 8.89. The lowest BCUT2D eigenvalue weighted by molar-refractivity contribution is -0.126. The van der Waals surface area contributed by atoms with Crippen LogP contribution in [0.25, 0.3) is 10.9 Å². The molecule has 23 heavy (non-hydrogen) atoms. The third kappa shape index (κ3) is 3.15. The van der Waals surface area contributed by atoms with E-state index in [1.165, 1.54) is 25.7 Å². The summed E-state index contributed by atoms with van der Waals surface area (Å²) < 4.78 is 0. The molecule has 0 saturated heterocycles. The van der Waals surface area contributed by atoms with Gasteiger partial charge >= 0.3 is 0 Å². The predicted octanol–water partition coefficient (Wildman–Crippen LogP) is 4.59. The standard InChI is InChI=1S/C20H28N2O/c1-14-18(16-12-8-9-13-17(16)21-14)20(2,3)19(23)22-15-10-6-4-5-7-11-15/h8-9,12-13,15,21H,4-7,10-11H2,1-3H3,(H,22,23). The molecule has 124 valence electrons. The van der Waals surface area contributed by atoms with Gasteiger partial charge in [-0.2, -0.15) is 0 Å². The normalized spacial score (nSPS) is 17.2. The topological polar surface area (TPSA) is 44.9 Å². The largest absolute Gasteiger partial charge is 0.358 e. The predicted molar refractivity (Wildman–Crippen MR) is 95.7 cm³/mol. The Kier molecular flexibility index (Phi) is 4.47. The zero-order valence-corrected chi connectivity index (χ0v) is 14.5. The third-order valence-corrected chi connectivity index (χ3v) is 5.28. The van der Waals surface area contributed by atoms with Gasteiger partial charge in [-0.05, 0) is 45.2 Å². The van der Waals surface area contributed by atoms with Gasteiger partial charge in [0.2, 0.25) is 5.91 Å². The fraction of sp³-hybridized carbons (Fsp3) is 0.550. The number of amides is 1. The molecule has 1 saturated carbocycles. The van der Waals surface area contributed by atoms with Crippen molar-refractivity contribution in [3.8, 4) is 0 Å². The fourth-order valence-electron chi connectivity index (χ4n) is 3.99. The summed E-state index contributed by atoms with van der Waals surface area (Å²) in [6.07, 6.45) is 7.31. The van der Waals surface area contributed by atoms with Crippen molar-refractivity contribution in [2.24, 2.45) is 0 Å². The molecule has 1 aromatic carbocycles. The minimum Gasteiger partial charge on any atom is -0.358 e. The Morgan fingerprint density at radius 3 is 2.48 bits per heavy atom. The van der Waals surface area contributed by atoms with Crippen LogP contribution in [0, 0.1) is 6.92 Å². The molecule has 1 amide bonds. The number of carbonyl (C=O) groups is 1. The van der Waals surface area contributed by atoms with E-state index in [4.69, 9.17) is 0 Å². The van der Waals surface area contributed by atoms with E-state index in [1.807, 2.05) is 26.0 Å². The zero-order valence-electron chi connectivity index (χ0n) is 14.5. The molecule has 0 aliphatic heterocycles. The lowest BCUT2D eigenvalue weighted by Gasteiger charge is -2.28. The van der Waals surface area contributed by atoms with Crippen LogP contribution in [0.4, 0.5) is 0 Å². The van der Waals surface area contributed by atoms with Crippen LogP contribution in [0.5, 0.6) is 0 Å². The van der Waals surface area contributed by atoms with Gasteiger partial charge in [-0.25, -0.2) is 0 Å². The maximum atomic E-state index is 13.0. The first-order chi connectivity index (χ1) is 11.0. The van der Waals surface area contributed by atoms with Crippen LogP contribution in [0.1, 0.15) is 63.6 Å². The van der Waals surface area contributed by atoms with Gasteiger partial charge in [0.15, 0.2) is 0 Å². The van der Waals surface area contributed by atoms with Gasteiger partial charge in [0.05, 0.1) is 5.41 Å². The molecule has 1 aromatic heterocycles. The zero-order chi connectivity index (χ0) is 16.4. The molecule has 0 spiro atoms. The van der Waals surface area contributed by atoms with Crippen molar-refractivity contribution in [2.45, 2.75) is 70.8 Å². The van der Waals surface area contributed by atoms with Crippen LogP contribution in [0.15, 0.2) is 24.3 Å².